The summed E-state index contributed by atoms with van der Waals surface area (Å²) >= 11 is 0. The lowest BCUT2D eigenvalue weighted by molar-refractivity contribution is -0.151. The predicted molar refractivity (Wildman–Crippen MR) is 81.6 cm³/mol. The van der Waals surface area contributed by atoms with Gasteiger partial charge in [-0.3, -0.25) is 4.79 Å². The second-order valence-corrected chi connectivity index (χ2v) is 5.83. The Morgan fingerprint density at radius 1 is 1.00 bits per heavy atom. The van der Waals surface area contributed by atoms with E-state index in [0.717, 1.165) is 51.4 Å². The molecule has 18 heavy (non-hydrogen) atoms. The summed E-state index contributed by atoms with van der Waals surface area (Å²) in [4.78, 5) is 12.4. The van der Waals surface area contributed by atoms with Crippen LogP contribution >= 0.6 is 0 Å². The maximum atomic E-state index is 12.4. The SMILES string of the molecule is CCCC(CCC)C(CCC)(CCC)C(=O)O[SiH3]. The van der Waals surface area contributed by atoms with Crippen LogP contribution in [0.2, 0.25) is 0 Å². The molecule has 0 aliphatic rings. The van der Waals surface area contributed by atoms with Gasteiger partial charge in [-0.05, 0) is 31.6 Å². The number of rotatable bonds is 10. The predicted octanol–water partition coefficient (Wildman–Crippen LogP) is 3.61. The van der Waals surface area contributed by atoms with Crippen molar-refractivity contribution in [3.8, 4) is 0 Å². The summed E-state index contributed by atoms with van der Waals surface area (Å²) in [5.41, 5.74) is -0.197. The molecule has 0 bridgehead atoms. The first-order chi connectivity index (χ1) is 8.62. The van der Waals surface area contributed by atoms with E-state index in [0.29, 0.717) is 16.4 Å². The summed E-state index contributed by atoms with van der Waals surface area (Å²) in [6.45, 7) is 8.80. The van der Waals surface area contributed by atoms with Gasteiger partial charge in [0.1, 0.15) is 0 Å². The van der Waals surface area contributed by atoms with Crippen molar-refractivity contribution in [2.24, 2.45) is 11.3 Å². The van der Waals surface area contributed by atoms with Crippen molar-refractivity contribution in [2.45, 2.75) is 79.1 Å². The van der Waals surface area contributed by atoms with E-state index in [4.69, 9.17) is 4.43 Å². The molecule has 0 amide bonds. The number of carbonyl (C=O) groups is 1. The van der Waals surface area contributed by atoms with Crippen LogP contribution < -0.4 is 0 Å². The van der Waals surface area contributed by atoms with E-state index in [9.17, 15) is 4.79 Å². The van der Waals surface area contributed by atoms with Gasteiger partial charge >= 0.3 is 0 Å². The first-order valence-corrected chi connectivity index (χ1v) is 8.52. The van der Waals surface area contributed by atoms with Gasteiger partial charge in [0.2, 0.25) is 10.5 Å². The lowest BCUT2D eigenvalue weighted by atomic mass is 9.66. The van der Waals surface area contributed by atoms with Crippen LogP contribution in [0.3, 0.4) is 0 Å². The lowest BCUT2D eigenvalue weighted by Gasteiger charge is -2.39. The van der Waals surface area contributed by atoms with Gasteiger partial charge in [-0.1, -0.05) is 53.4 Å². The van der Waals surface area contributed by atoms with Gasteiger partial charge in [-0.2, -0.15) is 0 Å². The second kappa shape index (κ2) is 9.60. The van der Waals surface area contributed by atoms with Crippen LogP contribution in [0.4, 0.5) is 0 Å². The monoisotopic (exact) mass is 272 g/mol. The Morgan fingerprint density at radius 2 is 1.44 bits per heavy atom. The molecule has 0 N–H and O–H groups in total. The Kier molecular flexibility index (Phi) is 9.43. The van der Waals surface area contributed by atoms with Crippen molar-refractivity contribution in [1.29, 1.82) is 0 Å². The summed E-state index contributed by atoms with van der Waals surface area (Å²) in [5, 5.41) is 0. The van der Waals surface area contributed by atoms with Gasteiger partial charge in [-0.25, -0.2) is 0 Å². The fourth-order valence-electron chi connectivity index (χ4n) is 3.39. The topological polar surface area (TPSA) is 26.3 Å². The maximum Gasteiger partial charge on any atom is 0.298 e. The highest BCUT2D eigenvalue weighted by molar-refractivity contribution is 6.06. The molecule has 2 nitrogen and oxygen atoms in total. The van der Waals surface area contributed by atoms with Crippen LogP contribution in [-0.2, 0) is 9.22 Å². The minimum absolute atomic E-state index is 0.0877. The highest BCUT2D eigenvalue weighted by atomic mass is 28.2. The molecule has 0 unspecified atom stereocenters. The first-order valence-electron chi connectivity index (χ1n) is 7.71. The molecule has 0 aliphatic carbocycles. The van der Waals surface area contributed by atoms with Gasteiger partial charge in [0, 0.05) is 0 Å². The summed E-state index contributed by atoms with van der Waals surface area (Å²) in [6, 6.07) is 0. The molecule has 0 radical (unpaired) electrons. The molecule has 0 aromatic heterocycles. The molecule has 0 heterocycles. The average Bonchev–Trinajstić information content (AvgIpc) is 2.37. The molecule has 108 valence electrons. The standard InChI is InChI=1S/C15H32O2Si/c1-5-9-13(10-6-2)15(11-7-3,12-8-4)14(16)17-18/h13H,5-12H2,1-4,18H3. The summed E-state index contributed by atoms with van der Waals surface area (Å²) < 4.78 is 5.29. The second-order valence-electron chi connectivity index (χ2n) is 5.42. The first kappa shape index (κ1) is 17.7. The highest BCUT2D eigenvalue weighted by Gasteiger charge is 2.43. The zero-order valence-corrected chi connectivity index (χ0v) is 15.1. The minimum atomic E-state index is -0.197. The van der Waals surface area contributed by atoms with E-state index in [1.807, 2.05) is 0 Å². The van der Waals surface area contributed by atoms with E-state index in [1.165, 1.54) is 0 Å². The van der Waals surface area contributed by atoms with Crippen LogP contribution in [0.25, 0.3) is 0 Å². The molecule has 0 aliphatic heterocycles. The number of carbonyl (C=O) groups excluding carboxylic acids is 1. The van der Waals surface area contributed by atoms with E-state index in [-0.39, 0.29) is 11.4 Å². The van der Waals surface area contributed by atoms with Crippen LogP contribution in [0.15, 0.2) is 0 Å². The third-order valence-corrected chi connectivity index (χ3v) is 4.41. The van der Waals surface area contributed by atoms with E-state index in [2.05, 4.69) is 27.7 Å². The molecule has 0 aromatic rings. The Hall–Kier alpha value is -0.313. The van der Waals surface area contributed by atoms with Crippen molar-refractivity contribution in [3.63, 3.8) is 0 Å². The quantitative estimate of drug-likeness (QED) is 0.568. The Labute approximate surface area is 116 Å². The fourth-order valence-corrected chi connectivity index (χ4v) is 3.80. The molecule has 0 aromatic carbocycles. The Bertz CT molecular complexity index is 217. The Morgan fingerprint density at radius 3 is 1.72 bits per heavy atom. The third-order valence-electron chi connectivity index (χ3n) is 4.04. The van der Waals surface area contributed by atoms with Crippen LogP contribution in [-0.4, -0.2) is 16.5 Å². The Balaban J connectivity index is 5.24. The molecule has 0 rings (SSSR count). The number of hydrogen-bond donors (Lipinski definition) is 0. The van der Waals surface area contributed by atoms with Crippen molar-refractivity contribution in [2.75, 3.05) is 0 Å². The van der Waals surface area contributed by atoms with E-state index in [1.54, 1.807) is 0 Å². The molecule has 0 atom stereocenters. The van der Waals surface area contributed by atoms with Gasteiger partial charge in [0.15, 0.2) is 0 Å². The van der Waals surface area contributed by atoms with E-state index < -0.39 is 0 Å². The van der Waals surface area contributed by atoms with Gasteiger partial charge < -0.3 is 4.43 Å². The van der Waals surface area contributed by atoms with Crippen molar-refractivity contribution < 1.29 is 9.22 Å². The average molecular weight is 273 g/mol. The maximum absolute atomic E-state index is 12.4. The van der Waals surface area contributed by atoms with E-state index >= 15 is 0 Å². The molecule has 0 spiro atoms. The zero-order chi connectivity index (χ0) is 14.0. The molecular weight excluding hydrogens is 240 g/mol. The normalized spacial score (nSPS) is 12.1. The summed E-state index contributed by atoms with van der Waals surface area (Å²) in [7, 11) is 0.522. The fraction of sp³-hybridized carbons (Fsp3) is 0.933. The van der Waals surface area contributed by atoms with Crippen molar-refractivity contribution in [1.82, 2.24) is 0 Å². The van der Waals surface area contributed by atoms with Crippen LogP contribution in [0.5, 0.6) is 0 Å². The highest BCUT2D eigenvalue weighted by Crippen LogP contribution is 2.43. The molecule has 0 fully saturated rings. The third kappa shape index (κ3) is 4.41. The zero-order valence-electron chi connectivity index (χ0n) is 13.1. The molecule has 3 heteroatoms. The smallest absolute Gasteiger partial charge is 0.298 e. The molecular formula is C15H32O2Si. The summed E-state index contributed by atoms with van der Waals surface area (Å²) in [6.07, 6.45) is 8.76. The van der Waals surface area contributed by atoms with Gasteiger partial charge in [0.05, 0.1) is 5.41 Å². The van der Waals surface area contributed by atoms with Crippen molar-refractivity contribution in [3.05, 3.63) is 0 Å². The van der Waals surface area contributed by atoms with Gasteiger partial charge in [0.25, 0.3) is 5.97 Å². The van der Waals surface area contributed by atoms with Crippen molar-refractivity contribution >= 4 is 16.5 Å². The van der Waals surface area contributed by atoms with Gasteiger partial charge in [-0.15, -0.1) is 0 Å². The minimum Gasteiger partial charge on any atom is -0.528 e. The summed E-state index contributed by atoms with van der Waals surface area (Å²) in [5.74, 6) is 0.596. The van der Waals surface area contributed by atoms with Crippen LogP contribution in [0.1, 0.15) is 79.1 Å². The lowest BCUT2D eigenvalue weighted by Crippen LogP contribution is -2.40. The molecule has 0 saturated heterocycles. The largest absolute Gasteiger partial charge is 0.528 e. The number of hydrogen-bond acceptors (Lipinski definition) is 2. The molecule has 0 saturated carbocycles. The van der Waals surface area contributed by atoms with Crippen LogP contribution in [0, 0.1) is 11.3 Å².